The van der Waals surface area contributed by atoms with E-state index in [4.69, 9.17) is 9.73 Å². The fourth-order valence-corrected chi connectivity index (χ4v) is 6.32. The third kappa shape index (κ3) is 5.81. The van der Waals surface area contributed by atoms with E-state index in [2.05, 4.69) is 15.2 Å². The molecular weight excluding hydrogens is 563 g/mol. The summed E-state index contributed by atoms with van der Waals surface area (Å²) in [5.41, 5.74) is 0.974. The number of aliphatic imine (C=N–C) groups is 1. The number of Topliss-reactive ketones (excluding diaryl/α,β-unsaturated/α-hetero) is 1. The van der Waals surface area contributed by atoms with Gasteiger partial charge in [0, 0.05) is 69.2 Å². The molecule has 2 N–H and O–H groups in total. The highest BCUT2D eigenvalue weighted by molar-refractivity contribution is 7.11. The molecule has 0 radical (unpaired) electrons. The van der Waals surface area contributed by atoms with E-state index in [1.165, 1.54) is 24.5 Å². The number of piperazine rings is 1. The van der Waals surface area contributed by atoms with Crippen LogP contribution >= 0.6 is 11.3 Å². The lowest BCUT2D eigenvalue weighted by Crippen LogP contribution is -2.53. The van der Waals surface area contributed by atoms with Crippen LogP contribution in [0.2, 0.25) is 0 Å². The number of hydrogen-bond acceptors (Lipinski definition) is 9. The summed E-state index contributed by atoms with van der Waals surface area (Å²) in [4.78, 5) is 53.2. The van der Waals surface area contributed by atoms with Crippen molar-refractivity contribution in [3.8, 4) is 0 Å². The number of amidine groups is 1. The summed E-state index contributed by atoms with van der Waals surface area (Å²) in [5.74, 6) is -1.09. The van der Waals surface area contributed by atoms with Gasteiger partial charge in [-0.15, -0.1) is 11.3 Å². The number of ketones is 1. The number of benzene rings is 1. The zero-order valence-corrected chi connectivity index (χ0v) is 24.9. The Labute approximate surface area is 247 Å². The van der Waals surface area contributed by atoms with Crippen molar-refractivity contribution in [2.45, 2.75) is 32.9 Å². The predicted molar refractivity (Wildman–Crippen MR) is 155 cm³/mol. The van der Waals surface area contributed by atoms with Gasteiger partial charge in [-0.2, -0.15) is 0 Å². The Kier molecular flexibility index (Phi) is 8.44. The monoisotopic (exact) mass is 598 g/mol. The summed E-state index contributed by atoms with van der Waals surface area (Å²) in [6.07, 6.45) is 1.68. The average Bonchev–Trinajstić information content (AvgIpc) is 3.58. The van der Waals surface area contributed by atoms with Gasteiger partial charge >= 0.3 is 12.0 Å². The first-order valence-corrected chi connectivity index (χ1v) is 14.6. The fraction of sp³-hybridized carbons (Fsp3) is 0.483. The largest absolute Gasteiger partial charge is 0.481 e. The average molecular weight is 599 g/mol. The quantitative estimate of drug-likeness (QED) is 0.428. The number of carbonyl (C=O) groups excluding carboxylic acids is 2. The van der Waals surface area contributed by atoms with E-state index in [-0.39, 0.29) is 36.8 Å². The standard InChI is InChI=1S/C29H35FN6O5S/c1-17-19(6-5-7-20(17)30)24-23(22(37)15-41-4)21(32-25(33-24)26-31-8-11-42-26)14-34-9-10-36-18(12-34)13-35(28(36)40)16-29(2,3)27(38)39/h5-8,11,18,24H,9-10,12-16H2,1-4H3,(H,32,33)(H,38,39)/t18-,24-/m0/s1. The number of nitrogens with zero attached hydrogens (tertiary/aromatic N) is 5. The molecule has 0 bridgehead atoms. The third-order valence-electron chi connectivity index (χ3n) is 8.00. The van der Waals surface area contributed by atoms with Gasteiger partial charge in [0.15, 0.2) is 16.6 Å². The zero-order valence-electron chi connectivity index (χ0n) is 24.1. The van der Waals surface area contributed by atoms with Crippen LogP contribution in [0.3, 0.4) is 0 Å². The Hall–Kier alpha value is -3.68. The van der Waals surface area contributed by atoms with Crippen LogP contribution in [0.4, 0.5) is 9.18 Å². The number of fused-ring (bicyclic) bond motifs is 1. The molecule has 1 aromatic heterocycles. The Bertz CT molecular complexity index is 1440. The normalized spacial score (nSPS) is 21.4. The minimum atomic E-state index is -1.06. The molecule has 0 unspecified atom stereocenters. The van der Waals surface area contributed by atoms with E-state index < -0.39 is 17.4 Å². The minimum absolute atomic E-state index is 0.119. The molecule has 4 heterocycles. The SMILES string of the molecule is COCC(=O)C1=C(CN2CCN3C(=O)N(CC(C)(C)C(=O)O)C[C@@H]3C2)NC(c2nccs2)=N[C@H]1c1cccc(F)c1C. The molecule has 3 aliphatic heterocycles. The van der Waals surface area contributed by atoms with Crippen molar-refractivity contribution >= 4 is 35.0 Å². The first-order valence-electron chi connectivity index (χ1n) is 13.8. The van der Waals surface area contributed by atoms with Gasteiger partial charge in [-0.3, -0.25) is 19.5 Å². The van der Waals surface area contributed by atoms with Gasteiger partial charge in [-0.25, -0.2) is 14.2 Å². The molecule has 2 amide bonds. The second kappa shape index (κ2) is 11.9. The van der Waals surface area contributed by atoms with Gasteiger partial charge in [-0.1, -0.05) is 12.1 Å². The molecule has 42 heavy (non-hydrogen) atoms. The van der Waals surface area contributed by atoms with E-state index in [1.54, 1.807) is 48.9 Å². The van der Waals surface area contributed by atoms with Crippen LogP contribution in [0.25, 0.3) is 0 Å². The molecule has 2 aromatic rings. The van der Waals surface area contributed by atoms with E-state index in [0.29, 0.717) is 66.0 Å². The predicted octanol–water partition coefficient (Wildman–Crippen LogP) is 2.68. The number of urea groups is 1. The molecule has 3 aliphatic rings. The summed E-state index contributed by atoms with van der Waals surface area (Å²) in [5, 5.41) is 15.4. The number of aliphatic carboxylic acids is 1. The number of halogens is 1. The second-order valence-electron chi connectivity index (χ2n) is 11.5. The van der Waals surface area contributed by atoms with Gasteiger partial charge in [0.05, 0.1) is 11.5 Å². The van der Waals surface area contributed by atoms with Gasteiger partial charge in [0.2, 0.25) is 0 Å². The molecule has 2 atom stereocenters. The van der Waals surface area contributed by atoms with Crippen LogP contribution in [-0.2, 0) is 14.3 Å². The highest BCUT2D eigenvalue weighted by Gasteiger charge is 2.44. The van der Waals surface area contributed by atoms with Crippen LogP contribution in [0.1, 0.15) is 36.0 Å². The molecule has 11 nitrogen and oxygen atoms in total. The zero-order chi connectivity index (χ0) is 30.2. The number of nitrogens with one attached hydrogen (secondary N) is 1. The molecule has 5 rings (SSSR count). The lowest BCUT2D eigenvalue weighted by Gasteiger charge is -2.38. The van der Waals surface area contributed by atoms with Crippen molar-refractivity contribution < 1.29 is 28.6 Å². The van der Waals surface area contributed by atoms with Crippen molar-refractivity contribution in [2.24, 2.45) is 10.4 Å². The number of rotatable bonds is 10. The van der Waals surface area contributed by atoms with Crippen molar-refractivity contribution in [1.82, 2.24) is 25.0 Å². The van der Waals surface area contributed by atoms with Gasteiger partial charge in [0.25, 0.3) is 0 Å². The fourth-order valence-electron chi connectivity index (χ4n) is 5.74. The van der Waals surface area contributed by atoms with E-state index in [9.17, 15) is 23.9 Å². The third-order valence-corrected chi connectivity index (χ3v) is 8.78. The van der Waals surface area contributed by atoms with E-state index in [1.807, 2.05) is 5.38 Å². The number of carbonyl (C=O) groups is 3. The number of methoxy groups -OCH3 is 1. The maximum absolute atomic E-state index is 14.7. The first kappa shape index (κ1) is 29.8. The Balaban J connectivity index is 1.45. The smallest absolute Gasteiger partial charge is 0.320 e. The van der Waals surface area contributed by atoms with Crippen molar-refractivity contribution in [3.05, 3.63) is 63.0 Å². The molecular formula is C29H35FN6O5S. The maximum atomic E-state index is 14.7. The summed E-state index contributed by atoms with van der Waals surface area (Å²) in [7, 11) is 1.45. The number of carboxylic acids is 1. The summed E-state index contributed by atoms with van der Waals surface area (Å²) < 4.78 is 19.9. The minimum Gasteiger partial charge on any atom is -0.481 e. The number of ether oxygens (including phenoxy) is 1. The highest BCUT2D eigenvalue weighted by atomic mass is 32.1. The summed E-state index contributed by atoms with van der Waals surface area (Å²) >= 11 is 1.41. The van der Waals surface area contributed by atoms with Gasteiger partial charge < -0.3 is 25.0 Å². The molecule has 2 fully saturated rings. The van der Waals surface area contributed by atoms with Crippen LogP contribution in [0.5, 0.6) is 0 Å². The van der Waals surface area contributed by atoms with Gasteiger partial charge in [0.1, 0.15) is 18.5 Å². The topological polar surface area (TPSA) is 128 Å². The summed E-state index contributed by atoms with van der Waals surface area (Å²) in [6, 6.07) is 3.75. The number of carboxylic acid groups (broad SMARTS) is 1. The molecule has 0 saturated carbocycles. The molecule has 0 spiro atoms. The van der Waals surface area contributed by atoms with E-state index >= 15 is 0 Å². The van der Waals surface area contributed by atoms with Crippen LogP contribution < -0.4 is 5.32 Å². The molecule has 0 aliphatic carbocycles. The van der Waals surface area contributed by atoms with Crippen LogP contribution in [0.15, 0.2) is 46.0 Å². The lowest BCUT2D eigenvalue weighted by atomic mass is 9.89. The van der Waals surface area contributed by atoms with Crippen molar-refractivity contribution in [1.29, 1.82) is 0 Å². The highest BCUT2D eigenvalue weighted by Crippen LogP contribution is 2.36. The Morgan fingerprint density at radius 1 is 1.26 bits per heavy atom. The molecule has 13 heteroatoms. The second-order valence-corrected chi connectivity index (χ2v) is 12.4. The first-order chi connectivity index (χ1) is 20.0. The number of thiazole rings is 1. The molecule has 1 aromatic carbocycles. The van der Waals surface area contributed by atoms with E-state index in [0.717, 1.165) is 0 Å². The maximum Gasteiger partial charge on any atom is 0.320 e. The Morgan fingerprint density at radius 2 is 2.05 bits per heavy atom. The number of aromatic nitrogens is 1. The van der Waals surface area contributed by atoms with Gasteiger partial charge in [-0.05, 0) is 38.0 Å². The Morgan fingerprint density at radius 3 is 2.74 bits per heavy atom. The molecule has 224 valence electrons. The number of hydrogen-bond donors (Lipinski definition) is 2. The number of amides is 2. The summed E-state index contributed by atoms with van der Waals surface area (Å²) in [6.45, 7) is 7.23. The molecule has 2 saturated heterocycles. The van der Waals surface area contributed by atoms with Crippen LogP contribution in [-0.4, -0.2) is 107 Å². The van der Waals surface area contributed by atoms with Crippen molar-refractivity contribution in [2.75, 3.05) is 53.0 Å². The lowest BCUT2D eigenvalue weighted by molar-refractivity contribution is -0.147. The van der Waals surface area contributed by atoms with Crippen molar-refractivity contribution in [3.63, 3.8) is 0 Å². The van der Waals surface area contributed by atoms with Crippen LogP contribution in [0, 0.1) is 18.2 Å².